The molecule has 2 aromatic rings. The van der Waals surface area contributed by atoms with Gasteiger partial charge in [0.1, 0.15) is 6.61 Å². The number of carboxylic acids is 1. The summed E-state index contributed by atoms with van der Waals surface area (Å²) in [6.07, 6.45) is 2.34. The molecule has 0 heterocycles. The number of rotatable bonds is 12. The van der Waals surface area contributed by atoms with Crippen LogP contribution in [0.25, 0.3) is 11.1 Å². The average Bonchev–Trinajstić information content (AvgIpc) is 3.14. The van der Waals surface area contributed by atoms with Gasteiger partial charge in [0.25, 0.3) is 0 Å². The highest BCUT2D eigenvalue weighted by Gasteiger charge is 2.29. The second kappa shape index (κ2) is 12.2. The van der Waals surface area contributed by atoms with E-state index in [1.54, 1.807) is 0 Å². The van der Waals surface area contributed by atoms with E-state index in [-0.39, 0.29) is 31.3 Å². The number of aliphatic carboxylic acids is 1. The van der Waals surface area contributed by atoms with Crippen LogP contribution in [0.3, 0.4) is 0 Å². The van der Waals surface area contributed by atoms with Crippen LogP contribution in [0.15, 0.2) is 48.5 Å². The Bertz CT molecular complexity index is 961. The molecule has 0 unspecified atom stereocenters. The van der Waals surface area contributed by atoms with Gasteiger partial charge in [0, 0.05) is 24.4 Å². The van der Waals surface area contributed by atoms with Crippen molar-refractivity contribution in [1.82, 2.24) is 10.6 Å². The topological polar surface area (TPSA) is 105 Å². The van der Waals surface area contributed by atoms with Crippen LogP contribution in [0.1, 0.15) is 69.4 Å². The van der Waals surface area contributed by atoms with Crippen LogP contribution in [-0.4, -0.2) is 41.8 Å². The van der Waals surface area contributed by atoms with Crippen LogP contribution in [0.5, 0.6) is 0 Å². The smallest absolute Gasteiger partial charge is 0.407 e. The van der Waals surface area contributed by atoms with E-state index in [0.29, 0.717) is 12.8 Å². The van der Waals surface area contributed by atoms with Crippen molar-refractivity contribution in [3.8, 4) is 11.1 Å². The van der Waals surface area contributed by atoms with Gasteiger partial charge in [0.15, 0.2) is 0 Å². The average molecular weight is 467 g/mol. The number of hydrogen-bond acceptors (Lipinski definition) is 4. The molecule has 0 aliphatic heterocycles. The van der Waals surface area contributed by atoms with Gasteiger partial charge in [-0.15, -0.1) is 0 Å². The molecule has 34 heavy (non-hydrogen) atoms. The minimum atomic E-state index is -0.940. The fourth-order valence-electron chi connectivity index (χ4n) is 4.50. The number of carbonyl (C=O) groups excluding carboxylic acids is 2. The van der Waals surface area contributed by atoms with E-state index in [1.807, 2.05) is 38.1 Å². The molecule has 0 saturated heterocycles. The molecule has 0 fully saturated rings. The molecule has 7 nitrogen and oxygen atoms in total. The third-order valence-corrected chi connectivity index (χ3v) is 6.28. The summed E-state index contributed by atoms with van der Waals surface area (Å²) < 4.78 is 5.58. The van der Waals surface area contributed by atoms with E-state index in [2.05, 4.69) is 34.9 Å². The van der Waals surface area contributed by atoms with E-state index < -0.39 is 24.1 Å². The second-order valence-electron chi connectivity index (χ2n) is 8.78. The molecule has 2 atom stereocenters. The fourth-order valence-corrected chi connectivity index (χ4v) is 4.50. The number of hydrogen-bond donors (Lipinski definition) is 3. The lowest BCUT2D eigenvalue weighted by Crippen LogP contribution is -2.42. The molecule has 3 N–H and O–H groups in total. The first-order valence-electron chi connectivity index (χ1n) is 12.1. The predicted molar refractivity (Wildman–Crippen MR) is 131 cm³/mol. The molecular formula is C27H34N2O5. The Hall–Kier alpha value is -3.35. The van der Waals surface area contributed by atoms with Crippen LogP contribution in [0, 0.1) is 0 Å². The maximum atomic E-state index is 12.5. The normalized spacial score (nSPS) is 13.9. The number of nitrogens with one attached hydrogen (secondary N) is 2. The lowest BCUT2D eigenvalue weighted by Gasteiger charge is -2.21. The number of unbranched alkanes of at least 4 members (excludes halogenated alkanes) is 1. The fraction of sp³-hybridized carbons (Fsp3) is 0.444. The van der Waals surface area contributed by atoms with Gasteiger partial charge in [-0.05, 0) is 35.1 Å². The van der Waals surface area contributed by atoms with Gasteiger partial charge in [-0.2, -0.15) is 0 Å². The summed E-state index contributed by atoms with van der Waals surface area (Å²) in [7, 11) is 0. The van der Waals surface area contributed by atoms with Crippen LogP contribution in [-0.2, 0) is 14.3 Å². The van der Waals surface area contributed by atoms with Crippen molar-refractivity contribution in [2.75, 3.05) is 6.61 Å². The number of alkyl carbamates (subject to hydrolysis) is 1. The van der Waals surface area contributed by atoms with Gasteiger partial charge in [0.05, 0.1) is 6.42 Å². The van der Waals surface area contributed by atoms with Crippen LogP contribution < -0.4 is 10.6 Å². The van der Waals surface area contributed by atoms with Crippen molar-refractivity contribution >= 4 is 18.0 Å². The Morgan fingerprint density at radius 1 is 0.912 bits per heavy atom. The summed E-state index contributed by atoms with van der Waals surface area (Å²) >= 11 is 0. The number of ether oxygens (including phenoxy) is 1. The number of carbonyl (C=O) groups is 3. The Balaban J connectivity index is 1.53. The zero-order valence-corrected chi connectivity index (χ0v) is 19.9. The number of benzene rings is 2. The molecular weight excluding hydrogens is 432 g/mol. The van der Waals surface area contributed by atoms with Crippen molar-refractivity contribution in [1.29, 1.82) is 0 Å². The van der Waals surface area contributed by atoms with Gasteiger partial charge < -0.3 is 20.5 Å². The van der Waals surface area contributed by atoms with Gasteiger partial charge in [0.2, 0.25) is 5.91 Å². The Morgan fingerprint density at radius 3 is 2.09 bits per heavy atom. The second-order valence-corrected chi connectivity index (χ2v) is 8.78. The third-order valence-electron chi connectivity index (χ3n) is 6.28. The molecule has 182 valence electrons. The first-order chi connectivity index (χ1) is 16.4. The summed E-state index contributed by atoms with van der Waals surface area (Å²) in [4.78, 5) is 36.1. The zero-order chi connectivity index (χ0) is 24.5. The quantitative estimate of drug-likeness (QED) is 0.415. The van der Waals surface area contributed by atoms with E-state index in [1.165, 1.54) is 0 Å². The van der Waals surface area contributed by atoms with Gasteiger partial charge in [-0.1, -0.05) is 75.2 Å². The Labute approximate surface area is 200 Å². The van der Waals surface area contributed by atoms with Crippen molar-refractivity contribution < 1.29 is 24.2 Å². The lowest BCUT2D eigenvalue weighted by molar-refractivity contribution is -0.137. The molecule has 3 rings (SSSR count). The third kappa shape index (κ3) is 6.59. The Kier molecular flexibility index (Phi) is 9.08. The number of fused-ring (bicyclic) bond motifs is 3. The molecule has 1 aliphatic carbocycles. The molecule has 0 radical (unpaired) electrons. The summed E-state index contributed by atoms with van der Waals surface area (Å²) in [6, 6.07) is 15.5. The van der Waals surface area contributed by atoms with Crippen molar-refractivity contribution in [2.45, 2.75) is 70.4 Å². The highest BCUT2D eigenvalue weighted by atomic mass is 16.5. The lowest BCUT2D eigenvalue weighted by atomic mass is 9.98. The zero-order valence-electron chi connectivity index (χ0n) is 19.9. The van der Waals surface area contributed by atoms with Crippen LogP contribution in [0.2, 0.25) is 0 Å². The standard InChI is InChI=1S/C27H34N2O5/c1-3-5-10-19(16-26(31)32)28-25(30)15-18(4-2)29-27(33)34-17-24-22-13-8-6-11-20(22)21-12-7-9-14-23(21)24/h6-9,11-14,18-19,24H,3-5,10,15-17H2,1-2H3,(H,28,30)(H,29,33)(H,31,32)/t18-,19+/m0/s1. The summed E-state index contributed by atoms with van der Waals surface area (Å²) in [5.74, 6) is -1.24. The highest BCUT2D eigenvalue weighted by molar-refractivity contribution is 5.80. The SMILES string of the molecule is CCCC[C@H](CC(=O)O)NC(=O)C[C@H](CC)NC(=O)OCC1c2ccccc2-c2ccccc21. The molecule has 0 spiro atoms. The monoisotopic (exact) mass is 466 g/mol. The van der Waals surface area contributed by atoms with Crippen molar-refractivity contribution in [3.63, 3.8) is 0 Å². The van der Waals surface area contributed by atoms with Gasteiger partial charge in [-0.25, -0.2) is 4.79 Å². The van der Waals surface area contributed by atoms with E-state index in [0.717, 1.165) is 35.1 Å². The number of carboxylic acid groups (broad SMARTS) is 1. The molecule has 1 aliphatic rings. The molecule has 0 saturated carbocycles. The number of amides is 2. The molecule has 2 aromatic carbocycles. The first-order valence-corrected chi connectivity index (χ1v) is 12.1. The van der Waals surface area contributed by atoms with Crippen molar-refractivity contribution in [2.24, 2.45) is 0 Å². The van der Waals surface area contributed by atoms with Crippen LogP contribution in [0.4, 0.5) is 4.79 Å². The summed E-state index contributed by atoms with van der Waals surface area (Å²) in [6.45, 7) is 4.11. The van der Waals surface area contributed by atoms with Crippen LogP contribution >= 0.6 is 0 Å². The molecule has 0 bridgehead atoms. The molecule has 0 aromatic heterocycles. The highest BCUT2D eigenvalue weighted by Crippen LogP contribution is 2.44. The maximum absolute atomic E-state index is 12.5. The molecule has 7 heteroatoms. The summed E-state index contributed by atoms with van der Waals surface area (Å²) in [5, 5.41) is 14.7. The van der Waals surface area contributed by atoms with Gasteiger partial charge >= 0.3 is 12.1 Å². The van der Waals surface area contributed by atoms with Crippen molar-refractivity contribution in [3.05, 3.63) is 59.7 Å². The first kappa shape index (κ1) is 25.3. The minimum Gasteiger partial charge on any atom is -0.481 e. The van der Waals surface area contributed by atoms with E-state index in [4.69, 9.17) is 9.84 Å². The maximum Gasteiger partial charge on any atom is 0.407 e. The molecule has 2 amide bonds. The van der Waals surface area contributed by atoms with E-state index in [9.17, 15) is 14.4 Å². The minimum absolute atomic E-state index is 0.0307. The Morgan fingerprint density at radius 2 is 1.53 bits per heavy atom. The summed E-state index contributed by atoms with van der Waals surface area (Å²) in [5.41, 5.74) is 4.60. The predicted octanol–water partition coefficient (Wildman–Crippen LogP) is 4.84. The largest absolute Gasteiger partial charge is 0.481 e. The van der Waals surface area contributed by atoms with Gasteiger partial charge in [-0.3, -0.25) is 9.59 Å². The van der Waals surface area contributed by atoms with E-state index >= 15 is 0 Å².